The Balaban J connectivity index is 2.35. The van der Waals surface area contributed by atoms with Crippen LogP contribution in [0.25, 0.3) is 0 Å². The zero-order valence-corrected chi connectivity index (χ0v) is 10.5. The van der Waals surface area contributed by atoms with Crippen LogP contribution in [0.5, 0.6) is 0 Å². The van der Waals surface area contributed by atoms with E-state index in [2.05, 4.69) is 20.6 Å². The van der Waals surface area contributed by atoms with E-state index in [1.165, 1.54) is 6.33 Å². The van der Waals surface area contributed by atoms with E-state index in [0.717, 1.165) is 36.9 Å². The lowest BCUT2D eigenvalue weighted by Crippen LogP contribution is -2.08. The van der Waals surface area contributed by atoms with Crippen LogP contribution >= 0.6 is 0 Å². The first-order valence-corrected chi connectivity index (χ1v) is 7.05. The maximum absolute atomic E-state index is 10.8. The van der Waals surface area contributed by atoms with E-state index in [9.17, 15) is 4.21 Å². The first-order chi connectivity index (χ1) is 7.72. The van der Waals surface area contributed by atoms with Gasteiger partial charge in [-0.2, -0.15) is 0 Å². The smallest absolute Gasteiger partial charge is 0.131 e. The first kappa shape index (κ1) is 12.9. The van der Waals surface area contributed by atoms with Crippen molar-refractivity contribution in [3.63, 3.8) is 0 Å². The summed E-state index contributed by atoms with van der Waals surface area (Å²) in [6, 6.07) is 1.87. The van der Waals surface area contributed by atoms with Gasteiger partial charge in [0.15, 0.2) is 0 Å². The molecular formula is C10H18N4OS. The number of nitrogens with zero attached hydrogens (tertiary/aromatic N) is 2. The maximum Gasteiger partial charge on any atom is 0.131 e. The molecule has 1 unspecified atom stereocenters. The second kappa shape index (κ2) is 7.16. The molecule has 2 N–H and O–H groups in total. The fraction of sp³-hybridized carbons (Fsp3) is 0.600. The summed E-state index contributed by atoms with van der Waals surface area (Å²) in [4.78, 5) is 8.17. The summed E-state index contributed by atoms with van der Waals surface area (Å²) in [5.74, 6) is 2.34. The van der Waals surface area contributed by atoms with Crippen LogP contribution < -0.4 is 10.6 Å². The molecule has 0 saturated carbocycles. The highest BCUT2D eigenvalue weighted by Crippen LogP contribution is 2.07. The van der Waals surface area contributed by atoms with Crippen LogP contribution in [0.15, 0.2) is 12.4 Å². The van der Waals surface area contributed by atoms with Crippen molar-refractivity contribution < 1.29 is 4.21 Å². The Morgan fingerprint density at radius 1 is 1.31 bits per heavy atom. The molecule has 6 heteroatoms. The minimum atomic E-state index is -0.716. The van der Waals surface area contributed by atoms with E-state index in [0.29, 0.717) is 0 Å². The second-order valence-electron chi connectivity index (χ2n) is 3.38. The average molecular weight is 242 g/mol. The van der Waals surface area contributed by atoms with Crippen molar-refractivity contribution in [2.45, 2.75) is 13.3 Å². The lowest BCUT2D eigenvalue weighted by atomic mass is 10.4. The lowest BCUT2D eigenvalue weighted by Gasteiger charge is -2.06. The SMILES string of the molecule is CCNc1cc(NCCCS(C)=O)ncn1. The molecule has 16 heavy (non-hydrogen) atoms. The third-order valence-electron chi connectivity index (χ3n) is 1.94. The van der Waals surface area contributed by atoms with Gasteiger partial charge in [-0.05, 0) is 13.3 Å². The molecule has 0 amide bonds. The van der Waals surface area contributed by atoms with E-state index in [4.69, 9.17) is 0 Å². The molecule has 1 aromatic rings. The third kappa shape index (κ3) is 5.06. The summed E-state index contributed by atoms with van der Waals surface area (Å²) in [5, 5.41) is 6.29. The minimum Gasteiger partial charge on any atom is -0.370 e. The zero-order chi connectivity index (χ0) is 11.8. The summed E-state index contributed by atoms with van der Waals surface area (Å²) >= 11 is 0. The van der Waals surface area contributed by atoms with Gasteiger partial charge < -0.3 is 10.6 Å². The third-order valence-corrected chi connectivity index (χ3v) is 2.80. The van der Waals surface area contributed by atoms with Gasteiger partial charge in [0, 0.05) is 42.0 Å². The van der Waals surface area contributed by atoms with Crippen molar-refractivity contribution in [2.24, 2.45) is 0 Å². The Morgan fingerprint density at radius 3 is 2.62 bits per heavy atom. The monoisotopic (exact) mass is 242 g/mol. The summed E-state index contributed by atoms with van der Waals surface area (Å²) in [6.07, 6.45) is 4.12. The van der Waals surface area contributed by atoms with Gasteiger partial charge >= 0.3 is 0 Å². The van der Waals surface area contributed by atoms with E-state index in [1.54, 1.807) is 6.26 Å². The fourth-order valence-electron chi connectivity index (χ4n) is 1.22. The van der Waals surface area contributed by atoms with Crippen molar-refractivity contribution in [1.29, 1.82) is 0 Å². The summed E-state index contributed by atoms with van der Waals surface area (Å²) < 4.78 is 10.8. The largest absolute Gasteiger partial charge is 0.370 e. The molecule has 0 aliphatic rings. The number of rotatable bonds is 7. The maximum atomic E-state index is 10.8. The van der Waals surface area contributed by atoms with Gasteiger partial charge in [-0.15, -0.1) is 0 Å². The van der Waals surface area contributed by atoms with E-state index in [-0.39, 0.29) is 0 Å². The first-order valence-electron chi connectivity index (χ1n) is 5.32. The second-order valence-corrected chi connectivity index (χ2v) is 4.93. The molecule has 90 valence electrons. The van der Waals surface area contributed by atoms with Gasteiger partial charge in [0.2, 0.25) is 0 Å². The molecule has 0 aliphatic carbocycles. The fourth-order valence-corrected chi connectivity index (χ4v) is 1.77. The number of hydrogen-bond donors (Lipinski definition) is 2. The molecule has 1 aromatic heterocycles. The Labute approximate surface area is 98.5 Å². The van der Waals surface area contributed by atoms with Crippen molar-refractivity contribution in [2.75, 3.05) is 35.7 Å². The summed E-state index contributed by atoms with van der Waals surface area (Å²) in [7, 11) is -0.716. The summed E-state index contributed by atoms with van der Waals surface area (Å²) in [6.45, 7) is 3.64. The quantitative estimate of drug-likeness (QED) is 0.701. The van der Waals surface area contributed by atoms with Gasteiger partial charge in [-0.25, -0.2) is 9.97 Å². The van der Waals surface area contributed by atoms with Crippen molar-refractivity contribution in [3.8, 4) is 0 Å². The Hall–Kier alpha value is -1.17. The van der Waals surface area contributed by atoms with E-state index in [1.807, 2.05) is 13.0 Å². The molecule has 1 atom stereocenters. The van der Waals surface area contributed by atoms with Crippen LogP contribution in [0.4, 0.5) is 11.6 Å². The summed E-state index contributed by atoms with van der Waals surface area (Å²) in [5.41, 5.74) is 0. The van der Waals surface area contributed by atoms with Crippen LogP contribution in [0, 0.1) is 0 Å². The molecule has 0 bridgehead atoms. The predicted molar refractivity (Wildman–Crippen MR) is 68.2 cm³/mol. The van der Waals surface area contributed by atoms with Crippen LogP contribution in [-0.2, 0) is 10.8 Å². The molecule has 0 radical (unpaired) electrons. The average Bonchev–Trinajstić information content (AvgIpc) is 2.25. The van der Waals surface area contributed by atoms with Gasteiger partial charge in [-0.3, -0.25) is 4.21 Å². The number of hydrogen-bond acceptors (Lipinski definition) is 5. The van der Waals surface area contributed by atoms with E-state index < -0.39 is 10.8 Å². The molecule has 0 fully saturated rings. The van der Waals surface area contributed by atoms with E-state index >= 15 is 0 Å². The zero-order valence-electron chi connectivity index (χ0n) is 9.69. The number of nitrogens with one attached hydrogen (secondary N) is 2. The van der Waals surface area contributed by atoms with Crippen LogP contribution in [0.3, 0.4) is 0 Å². The highest BCUT2D eigenvalue weighted by atomic mass is 32.2. The predicted octanol–water partition coefficient (Wildman–Crippen LogP) is 1.09. The molecule has 1 heterocycles. The van der Waals surface area contributed by atoms with Crippen LogP contribution in [-0.4, -0.2) is 39.3 Å². The normalized spacial score (nSPS) is 12.1. The molecule has 0 saturated heterocycles. The van der Waals surface area contributed by atoms with Gasteiger partial charge in [0.05, 0.1) is 0 Å². The molecule has 5 nitrogen and oxygen atoms in total. The standard InChI is InChI=1S/C10H18N4OS/c1-3-11-9-7-10(14-8-13-9)12-5-4-6-16(2)15/h7-8H,3-6H2,1-2H3,(H2,11,12,13,14). The minimum absolute atomic E-state index is 0.716. The Bertz CT molecular complexity index is 345. The lowest BCUT2D eigenvalue weighted by molar-refractivity contribution is 0.685. The Morgan fingerprint density at radius 2 is 2.00 bits per heavy atom. The Kier molecular flexibility index (Phi) is 5.77. The van der Waals surface area contributed by atoms with Gasteiger partial charge in [0.25, 0.3) is 0 Å². The highest BCUT2D eigenvalue weighted by Gasteiger charge is 1.97. The van der Waals surface area contributed by atoms with Crippen molar-refractivity contribution in [3.05, 3.63) is 12.4 Å². The van der Waals surface area contributed by atoms with Crippen molar-refractivity contribution in [1.82, 2.24) is 9.97 Å². The highest BCUT2D eigenvalue weighted by molar-refractivity contribution is 7.84. The molecule has 0 aliphatic heterocycles. The number of aromatic nitrogens is 2. The van der Waals surface area contributed by atoms with Crippen LogP contribution in [0.2, 0.25) is 0 Å². The topological polar surface area (TPSA) is 66.9 Å². The molecule has 1 rings (SSSR count). The van der Waals surface area contributed by atoms with Crippen LogP contribution in [0.1, 0.15) is 13.3 Å². The molecule has 0 aromatic carbocycles. The number of anilines is 2. The molecule has 0 spiro atoms. The molecular weight excluding hydrogens is 224 g/mol. The van der Waals surface area contributed by atoms with Crippen molar-refractivity contribution >= 4 is 22.4 Å². The van der Waals surface area contributed by atoms with Gasteiger partial charge in [-0.1, -0.05) is 0 Å². The van der Waals surface area contributed by atoms with Gasteiger partial charge in [0.1, 0.15) is 18.0 Å².